The molecule has 0 heterocycles. The van der Waals surface area contributed by atoms with Gasteiger partial charge < -0.3 is 9.11 Å². The van der Waals surface area contributed by atoms with Gasteiger partial charge in [0.2, 0.25) is 0 Å². The molecule has 1 rings (SSSR count). The third kappa shape index (κ3) is 11.9. The molecule has 0 aromatic heterocycles. The van der Waals surface area contributed by atoms with Crippen LogP contribution in [0, 0.1) is 13.8 Å². The van der Waals surface area contributed by atoms with E-state index < -0.39 is 7.71 Å². The summed E-state index contributed by atoms with van der Waals surface area (Å²) in [6.45, 7) is 4.19. The van der Waals surface area contributed by atoms with Gasteiger partial charge in [0.15, 0.2) is 0 Å². The summed E-state index contributed by atoms with van der Waals surface area (Å²) >= 11 is 7.67. The van der Waals surface area contributed by atoms with Crippen molar-refractivity contribution in [2.45, 2.75) is 13.8 Å². The van der Waals surface area contributed by atoms with Crippen LogP contribution in [0.25, 0.3) is 0 Å². The van der Waals surface area contributed by atoms with Crippen molar-refractivity contribution in [3.63, 3.8) is 0 Å². The van der Waals surface area contributed by atoms with Crippen molar-refractivity contribution in [1.82, 2.24) is 0 Å². The Morgan fingerprint density at radius 3 is 1.23 bits per heavy atom. The van der Waals surface area contributed by atoms with E-state index in [0.29, 0.717) is 0 Å². The second kappa shape index (κ2) is 5.62. The Labute approximate surface area is 88.5 Å². The number of hydrogen-bond donors (Lipinski definition) is 2. The van der Waals surface area contributed by atoms with Gasteiger partial charge in [0.1, 0.15) is 7.71 Å². The second-order valence-electron chi connectivity index (χ2n) is 2.60. The lowest BCUT2D eigenvalue weighted by atomic mass is 10.2. The van der Waals surface area contributed by atoms with Crippen molar-refractivity contribution in [3.05, 3.63) is 35.4 Å². The van der Waals surface area contributed by atoms with E-state index in [1.165, 1.54) is 11.1 Å². The molecule has 5 heteroatoms. The first-order valence-electron chi connectivity index (χ1n) is 3.52. The number of rotatable bonds is 0. The molecule has 0 unspecified atom stereocenters. The van der Waals surface area contributed by atoms with Gasteiger partial charge in [0.05, 0.1) is 0 Å². The Balaban J connectivity index is 0.000000252. The minimum Gasteiger partial charge on any atom is -0.306 e. The van der Waals surface area contributed by atoms with E-state index in [2.05, 4.69) is 60.5 Å². The fourth-order valence-electron chi connectivity index (χ4n) is 0.637. The van der Waals surface area contributed by atoms with Gasteiger partial charge in [-0.2, -0.15) is 0 Å². The van der Waals surface area contributed by atoms with Crippen LogP contribution in [0.1, 0.15) is 11.1 Å². The molecular formula is C8H12O2S3. The molecule has 74 valence electrons. The monoisotopic (exact) mass is 236 g/mol. The minimum atomic E-state index is -3.00. The Bertz CT molecular complexity index is 311. The van der Waals surface area contributed by atoms with Crippen LogP contribution in [0.15, 0.2) is 24.3 Å². The van der Waals surface area contributed by atoms with E-state index in [4.69, 9.17) is 9.11 Å². The number of benzene rings is 1. The van der Waals surface area contributed by atoms with Gasteiger partial charge in [-0.05, 0) is 13.8 Å². The molecule has 1 aromatic carbocycles. The van der Waals surface area contributed by atoms with E-state index >= 15 is 0 Å². The lowest BCUT2D eigenvalue weighted by Gasteiger charge is -1.90. The first-order chi connectivity index (χ1) is 5.79. The molecule has 2 nitrogen and oxygen atoms in total. The zero-order valence-corrected chi connectivity index (χ0v) is 9.88. The highest BCUT2D eigenvalue weighted by molar-refractivity contribution is 8.50. The van der Waals surface area contributed by atoms with Crippen LogP contribution in [0.3, 0.4) is 0 Å². The van der Waals surface area contributed by atoms with Crippen molar-refractivity contribution >= 4 is 30.1 Å². The van der Waals surface area contributed by atoms with Crippen molar-refractivity contribution < 1.29 is 9.11 Å². The molecule has 0 atom stereocenters. The molecule has 0 aliphatic rings. The lowest BCUT2D eigenvalue weighted by Crippen LogP contribution is -1.84. The van der Waals surface area contributed by atoms with Gasteiger partial charge in [-0.25, -0.2) is 0 Å². The maximum atomic E-state index is 7.79. The normalized spacial score (nSPS) is 10.2. The van der Waals surface area contributed by atoms with Gasteiger partial charge in [0, 0.05) is 22.4 Å². The molecule has 1 aromatic rings. The van der Waals surface area contributed by atoms with Crippen molar-refractivity contribution in [2.75, 3.05) is 0 Å². The topological polar surface area (TPSA) is 40.5 Å². The molecule has 0 spiro atoms. The quantitative estimate of drug-likeness (QED) is 0.725. The molecule has 0 bridgehead atoms. The molecule has 2 N–H and O–H groups in total. The van der Waals surface area contributed by atoms with Crippen LogP contribution < -0.4 is 0 Å². The van der Waals surface area contributed by atoms with Crippen LogP contribution in [-0.2, 0) is 30.1 Å². The van der Waals surface area contributed by atoms with Crippen molar-refractivity contribution in [1.29, 1.82) is 0 Å². The summed E-state index contributed by atoms with van der Waals surface area (Å²) in [7, 11) is -3.00. The van der Waals surface area contributed by atoms with Crippen LogP contribution in [0.4, 0.5) is 0 Å². The molecule has 0 aliphatic carbocycles. The molecule has 0 radical (unpaired) electrons. The summed E-state index contributed by atoms with van der Waals surface area (Å²) in [5.41, 5.74) is 2.66. The summed E-state index contributed by atoms with van der Waals surface area (Å²) in [4.78, 5) is 0. The van der Waals surface area contributed by atoms with E-state index in [-0.39, 0.29) is 0 Å². The van der Waals surface area contributed by atoms with Crippen molar-refractivity contribution in [3.8, 4) is 0 Å². The molecular weight excluding hydrogens is 224 g/mol. The highest BCUT2D eigenvalue weighted by Gasteiger charge is 1.79. The summed E-state index contributed by atoms with van der Waals surface area (Å²) in [6, 6.07) is 8.48. The van der Waals surface area contributed by atoms with Gasteiger partial charge in [-0.1, -0.05) is 35.4 Å². The highest BCUT2D eigenvalue weighted by Crippen LogP contribution is 1.99. The molecule has 0 amide bonds. The van der Waals surface area contributed by atoms with E-state index in [1.54, 1.807) is 0 Å². The Morgan fingerprint density at radius 1 is 0.923 bits per heavy atom. The standard InChI is InChI=1S/C8H10.H2O2S3/c1-7-3-5-8(2)6-4-7;1-5(2,3)4/h3-6H,1-2H3;(H2,1,2,3,4). The average Bonchev–Trinajstić information content (AvgIpc) is 1.92. The predicted molar refractivity (Wildman–Crippen MR) is 63.3 cm³/mol. The summed E-state index contributed by atoms with van der Waals surface area (Å²) < 4.78 is 15.6. The Hall–Kier alpha value is -0.0700. The Morgan fingerprint density at radius 2 is 1.08 bits per heavy atom. The zero-order valence-electron chi connectivity index (χ0n) is 7.43. The van der Waals surface area contributed by atoms with Gasteiger partial charge in [-0.3, -0.25) is 0 Å². The number of hydrogen-bond acceptors (Lipinski definition) is 2. The molecule has 0 saturated carbocycles. The first kappa shape index (κ1) is 12.9. The molecule has 0 fully saturated rings. The number of aryl methyl sites for hydroxylation is 2. The van der Waals surface area contributed by atoms with Gasteiger partial charge in [0.25, 0.3) is 0 Å². The summed E-state index contributed by atoms with van der Waals surface area (Å²) in [5.74, 6) is 0. The zero-order chi connectivity index (χ0) is 10.5. The first-order valence-corrected chi connectivity index (χ1v) is 6.92. The third-order valence-electron chi connectivity index (χ3n) is 1.22. The largest absolute Gasteiger partial charge is 0.306 e. The second-order valence-corrected chi connectivity index (χ2v) is 6.92. The van der Waals surface area contributed by atoms with E-state index in [0.717, 1.165) is 0 Å². The van der Waals surface area contributed by atoms with Gasteiger partial charge >= 0.3 is 0 Å². The Kier molecular flexibility index (Phi) is 5.59. The van der Waals surface area contributed by atoms with Crippen LogP contribution in [0.5, 0.6) is 0 Å². The average molecular weight is 236 g/mol. The fourth-order valence-corrected chi connectivity index (χ4v) is 0.637. The van der Waals surface area contributed by atoms with E-state index in [9.17, 15) is 0 Å². The molecule has 0 saturated heterocycles. The maximum absolute atomic E-state index is 7.79. The van der Waals surface area contributed by atoms with Crippen LogP contribution in [0.2, 0.25) is 0 Å². The molecule has 13 heavy (non-hydrogen) atoms. The lowest BCUT2D eigenvalue weighted by molar-refractivity contribution is 0.526. The van der Waals surface area contributed by atoms with Crippen LogP contribution >= 0.6 is 0 Å². The third-order valence-corrected chi connectivity index (χ3v) is 1.22. The molecule has 0 aliphatic heterocycles. The fraction of sp³-hybridized carbons (Fsp3) is 0.250. The van der Waals surface area contributed by atoms with Crippen LogP contribution in [-0.4, -0.2) is 9.11 Å². The highest BCUT2D eigenvalue weighted by atomic mass is 33.1. The van der Waals surface area contributed by atoms with E-state index in [1.807, 2.05) is 0 Å². The van der Waals surface area contributed by atoms with Crippen molar-refractivity contribution in [2.24, 2.45) is 0 Å². The SMILES string of the molecule is Cc1ccc(C)cc1.OS(O)(=S)=S. The minimum absolute atomic E-state index is 1.33. The van der Waals surface area contributed by atoms with Gasteiger partial charge in [-0.15, -0.1) is 0 Å². The maximum Gasteiger partial charge on any atom is 0.132 e. The summed E-state index contributed by atoms with van der Waals surface area (Å²) in [6.07, 6.45) is 0. The summed E-state index contributed by atoms with van der Waals surface area (Å²) in [5, 5.41) is 0. The predicted octanol–water partition coefficient (Wildman–Crippen LogP) is 2.31. The smallest absolute Gasteiger partial charge is 0.132 e.